The van der Waals surface area contributed by atoms with E-state index in [2.05, 4.69) is 4.98 Å². The smallest absolute Gasteiger partial charge is 0.296 e. The minimum atomic E-state index is -0.711. The number of carbonyl (C=O) groups excluding carboxylic acids is 1. The standard InChI is InChI=1S/C23H15FN2O3/c1-13-9-10-25-18(11-13)26-20(14-5-3-2-4-6-14)19-21(27)16-12-15(24)7-8-17(16)29-22(19)23(26)28/h2-12,20H,1H3/t20-/m1/s1. The molecule has 0 radical (unpaired) electrons. The topological polar surface area (TPSA) is 63.4 Å². The van der Waals surface area contributed by atoms with Gasteiger partial charge in [-0.3, -0.25) is 14.5 Å². The summed E-state index contributed by atoms with van der Waals surface area (Å²) in [6, 6.07) is 15.8. The molecule has 0 unspecified atom stereocenters. The maximum absolute atomic E-state index is 13.8. The van der Waals surface area contributed by atoms with Crippen molar-refractivity contribution in [1.82, 2.24) is 4.98 Å². The van der Waals surface area contributed by atoms with E-state index in [4.69, 9.17) is 4.42 Å². The Morgan fingerprint density at radius 1 is 1.03 bits per heavy atom. The summed E-state index contributed by atoms with van der Waals surface area (Å²) in [6.45, 7) is 1.90. The number of hydrogen-bond acceptors (Lipinski definition) is 4. The molecule has 1 atom stereocenters. The first kappa shape index (κ1) is 17.3. The molecule has 4 aromatic rings. The molecule has 142 valence electrons. The van der Waals surface area contributed by atoms with E-state index >= 15 is 0 Å². The Labute approximate surface area is 165 Å². The SMILES string of the molecule is Cc1ccnc(N2C(=O)c3oc4ccc(F)cc4c(=O)c3[C@H]2c2ccccc2)c1. The van der Waals surface area contributed by atoms with Gasteiger partial charge >= 0.3 is 0 Å². The van der Waals surface area contributed by atoms with Crippen LogP contribution in [0.4, 0.5) is 10.2 Å². The van der Waals surface area contributed by atoms with Crippen LogP contribution in [0, 0.1) is 12.7 Å². The number of fused-ring (bicyclic) bond motifs is 2. The molecule has 1 amide bonds. The van der Waals surface area contributed by atoms with E-state index in [1.165, 1.54) is 17.0 Å². The first-order valence-corrected chi connectivity index (χ1v) is 9.12. The largest absolute Gasteiger partial charge is 0.450 e. The number of anilines is 1. The van der Waals surface area contributed by atoms with Crippen molar-refractivity contribution < 1.29 is 13.6 Å². The number of rotatable bonds is 2. The number of nitrogens with zero attached hydrogens (tertiary/aromatic N) is 2. The monoisotopic (exact) mass is 386 g/mol. The lowest BCUT2D eigenvalue weighted by Crippen LogP contribution is -2.30. The van der Waals surface area contributed by atoms with E-state index in [1.54, 1.807) is 12.3 Å². The predicted molar refractivity (Wildman–Crippen MR) is 107 cm³/mol. The van der Waals surface area contributed by atoms with Crippen molar-refractivity contribution in [2.75, 3.05) is 4.90 Å². The summed E-state index contributed by atoms with van der Waals surface area (Å²) in [5.41, 5.74) is 1.62. The third kappa shape index (κ3) is 2.64. The van der Waals surface area contributed by atoms with Crippen LogP contribution in [0.15, 0.2) is 76.1 Å². The van der Waals surface area contributed by atoms with Gasteiger partial charge in [0.1, 0.15) is 17.2 Å². The maximum atomic E-state index is 13.8. The molecule has 0 spiro atoms. The minimum Gasteiger partial charge on any atom is -0.450 e. The molecular formula is C23H15FN2O3. The van der Waals surface area contributed by atoms with Crippen molar-refractivity contribution in [1.29, 1.82) is 0 Å². The number of aryl methyl sites for hydroxylation is 1. The van der Waals surface area contributed by atoms with Gasteiger partial charge in [0.05, 0.1) is 17.0 Å². The molecule has 5 rings (SSSR count). The van der Waals surface area contributed by atoms with Crippen molar-refractivity contribution in [3.63, 3.8) is 0 Å². The third-order valence-corrected chi connectivity index (χ3v) is 5.10. The predicted octanol–water partition coefficient (Wildman–Crippen LogP) is 4.39. The van der Waals surface area contributed by atoms with Gasteiger partial charge in [-0.15, -0.1) is 0 Å². The molecule has 0 fully saturated rings. The van der Waals surface area contributed by atoms with Crippen molar-refractivity contribution >= 4 is 22.7 Å². The summed E-state index contributed by atoms with van der Waals surface area (Å²) in [5.74, 6) is -0.603. The molecule has 2 aromatic carbocycles. The normalized spacial score (nSPS) is 15.7. The van der Waals surface area contributed by atoms with Gasteiger partial charge in [0, 0.05) is 6.20 Å². The number of carbonyl (C=O) groups is 1. The Kier molecular flexibility index (Phi) is 3.81. The number of hydrogen-bond donors (Lipinski definition) is 0. The molecule has 29 heavy (non-hydrogen) atoms. The highest BCUT2D eigenvalue weighted by atomic mass is 19.1. The zero-order valence-electron chi connectivity index (χ0n) is 15.4. The van der Waals surface area contributed by atoms with E-state index in [0.29, 0.717) is 5.82 Å². The molecule has 0 saturated carbocycles. The summed E-state index contributed by atoms with van der Waals surface area (Å²) in [4.78, 5) is 32.5. The van der Waals surface area contributed by atoms with Crippen molar-refractivity contribution in [2.24, 2.45) is 0 Å². The summed E-state index contributed by atoms with van der Waals surface area (Å²) in [6.07, 6.45) is 1.62. The second-order valence-corrected chi connectivity index (χ2v) is 6.99. The molecule has 1 aliphatic rings. The van der Waals surface area contributed by atoms with Crippen LogP contribution in [0.2, 0.25) is 0 Å². The second-order valence-electron chi connectivity index (χ2n) is 6.99. The van der Waals surface area contributed by atoms with Gasteiger partial charge in [-0.05, 0) is 48.4 Å². The molecular weight excluding hydrogens is 371 g/mol. The number of aromatic nitrogens is 1. The highest BCUT2D eigenvalue weighted by molar-refractivity contribution is 6.10. The molecule has 1 aliphatic heterocycles. The van der Waals surface area contributed by atoms with Crippen LogP contribution in [0.5, 0.6) is 0 Å². The van der Waals surface area contributed by atoms with E-state index in [9.17, 15) is 14.0 Å². The number of amides is 1. The van der Waals surface area contributed by atoms with Crippen molar-refractivity contribution in [3.8, 4) is 0 Å². The lowest BCUT2D eigenvalue weighted by molar-refractivity contribution is 0.0970. The lowest BCUT2D eigenvalue weighted by Gasteiger charge is -2.24. The fourth-order valence-corrected chi connectivity index (χ4v) is 3.78. The van der Waals surface area contributed by atoms with Crippen LogP contribution in [0.1, 0.15) is 33.3 Å². The van der Waals surface area contributed by atoms with Gasteiger partial charge in [-0.1, -0.05) is 30.3 Å². The van der Waals surface area contributed by atoms with Crippen LogP contribution < -0.4 is 10.3 Å². The van der Waals surface area contributed by atoms with Crippen LogP contribution in [-0.2, 0) is 0 Å². The zero-order valence-corrected chi connectivity index (χ0v) is 15.4. The molecule has 0 bridgehead atoms. The third-order valence-electron chi connectivity index (χ3n) is 5.10. The van der Waals surface area contributed by atoms with Gasteiger partial charge in [0.15, 0.2) is 5.43 Å². The van der Waals surface area contributed by atoms with Gasteiger partial charge in [0.25, 0.3) is 5.91 Å². The Morgan fingerprint density at radius 3 is 2.59 bits per heavy atom. The Morgan fingerprint density at radius 2 is 1.83 bits per heavy atom. The van der Waals surface area contributed by atoms with Gasteiger partial charge in [-0.25, -0.2) is 9.37 Å². The van der Waals surface area contributed by atoms with Crippen molar-refractivity contribution in [2.45, 2.75) is 13.0 Å². The fourth-order valence-electron chi connectivity index (χ4n) is 3.78. The molecule has 3 heterocycles. The van der Waals surface area contributed by atoms with E-state index in [1.807, 2.05) is 43.3 Å². The molecule has 2 aromatic heterocycles. The van der Waals surface area contributed by atoms with Gasteiger partial charge in [-0.2, -0.15) is 0 Å². The quantitative estimate of drug-likeness (QED) is 0.513. The first-order chi connectivity index (χ1) is 14.0. The van der Waals surface area contributed by atoms with E-state index in [-0.39, 0.29) is 22.3 Å². The van der Waals surface area contributed by atoms with Crippen LogP contribution >= 0.6 is 0 Å². The fraction of sp³-hybridized carbons (Fsp3) is 0.0870. The summed E-state index contributed by atoms with van der Waals surface area (Å²) in [7, 11) is 0. The molecule has 0 saturated heterocycles. The minimum absolute atomic E-state index is 0.0359. The number of pyridine rings is 1. The van der Waals surface area contributed by atoms with Crippen LogP contribution in [0.25, 0.3) is 11.0 Å². The molecule has 0 aliphatic carbocycles. The van der Waals surface area contributed by atoms with E-state index in [0.717, 1.165) is 17.2 Å². The molecule has 6 heteroatoms. The van der Waals surface area contributed by atoms with E-state index < -0.39 is 23.2 Å². The summed E-state index contributed by atoms with van der Waals surface area (Å²) >= 11 is 0. The average molecular weight is 386 g/mol. The lowest BCUT2D eigenvalue weighted by atomic mass is 9.98. The summed E-state index contributed by atoms with van der Waals surface area (Å²) in [5, 5.41) is 0.108. The Hall–Kier alpha value is -3.80. The molecule has 5 nitrogen and oxygen atoms in total. The Bertz CT molecular complexity index is 1330. The molecule has 0 N–H and O–H groups in total. The van der Waals surface area contributed by atoms with Gasteiger partial charge in [0.2, 0.25) is 5.76 Å². The highest BCUT2D eigenvalue weighted by Crippen LogP contribution is 2.40. The average Bonchev–Trinajstić information content (AvgIpc) is 3.02. The maximum Gasteiger partial charge on any atom is 0.296 e. The highest BCUT2D eigenvalue weighted by Gasteiger charge is 2.44. The summed E-state index contributed by atoms with van der Waals surface area (Å²) < 4.78 is 19.6. The number of halogens is 1. The Balaban J connectivity index is 1.84. The number of benzene rings is 2. The van der Waals surface area contributed by atoms with Gasteiger partial charge < -0.3 is 4.42 Å². The zero-order chi connectivity index (χ0) is 20.1. The first-order valence-electron chi connectivity index (χ1n) is 9.12. The van der Waals surface area contributed by atoms with Crippen LogP contribution in [-0.4, -0.2) is 10.9 Å². The second kappa shape index (κ2) is 6.38. The van der Waals surface area contributed by atoms with Crippen LogP contribution in [0.3, 0.4) is 0 Å². The van der Waals surface area contributed by atoms with Crippen molar-refractivity contribution in [3.05, 3.63) is 105 Å².